The summed E-state index contributed by atoms with van der Waals surface area (Å²) in [5.74, 6) is 0.765. The fourth-order valence-corrected chi connectivity index (χ4v) is 2.11. The third-order valence-corrected chi connectivity index (χ3v) is 2.76. The Bertz CT molecular complexity index is 286. The van der Waals surface area contributed by atoms with E-state index in [4.69, 9.17) is 4.42 Å². The second-order valence-corrected chi connectivity index (χ2v) is 4.18. The van der Waals surface area contributed by atoms with Gasteiger partial charge in [-0.3, -0.25) is 0 Å². The molecule has 14 heavy (non-hydrogen) atoms. The molecule has 1 aromatic heterocycles. The highest BCUT2D eigenvalue weighted by atomic mass is 16.3. The number of aromatic nitrogens is 1. The van der Waals surface area contributed by atoms with E-state index in [1.165, 1.54) is 6.39 Å². The highest BCUT2D eigenvalue weighted by Gasteiger charge is 2.33. The summed E-state index contributed by atoms with van der Waals surface area (Å²) in [7, 11) is 0. The van der Waals surface area contributed by atoms with Gasteiger partial charge in [-0.05, 0) is 26.3 Å². The van der Waals surface area contributed by atoms with Crippen molar-refractivity contribution in [3.63, 3.8) is 0 Å². The van der Waals surface area contributed by atoms with Crippen molar-refractivity contribution in [2.24, 2.45) is 0 Å². The van der Waals surface area contributed by atoms with E-state index in [0.29, 0.717) is 12.5 Å². The lowest BCUT2D eigenvalue weighted by molar-refractivity contribution is -0.00520. The molecule has 1 aliphatic heterocycles. The molecule has 0 spiro atoms. The molecule has 0 aromatic carbocycles. The van der Waals surface area contributed by atoms with Crippen molar-refractivity contribution in [1.82, 2.24) is 10.3 Å². The Morgan fingerprint density at radius 1 is 1.79 bits per heavy atom. The summed E-state index contributed by atoms with van der Waals surface area (Å²) in [6, 6.07) is 0.372. The maximum atomic E-state index is 10.3. The molecule has 4 heteroatoms. The Morgan fingerprint density at radius 3 is 3.29 bits per heavy atom. The van der Waals surface area contributed by atoms with Crippen LogP contribution in [0, 0.1) is 0 Å². The van der Waals surface area contributed by atoms with Gasteiger partial charge in [-0.2, -0.15) is 0 Å². The van der Waals surface area contributed by atoms with Gasteiger partial charge < -0.3 is 14.8 Å². The van der Waals surface area contributed by atoms with Crippen LogP contribution < -0.4 is 5.32 Å². The van der Waals surface area contributed by atoms with Gasteiger partial charge in [0.1, 0.15) is 5.76 Å². The summed E-state index contributed by atoms with van der Waals surface area (Å²) in [6.45, 7) is 2.95. The molecule has 2 heterocycles. The van der Waals surface area contributed by atoms with E-state index >= 15 is 0 Å². The van der Waals surface area contributed by atoms with Crippen LogP contribution in [0.3, 0.4) is 0 Å². The summed E-state index contributed by atoms with van der Waals surface area (Å²) < 4.78 is 5.15. The normalized spacial score (nSPS) is 33.1. The summed E-state index contributed by atoms with van der Waals surface area (Å²) >= 11 is 0. The quantitative estimate of drug-likeness (QED) is 0.731. The zero-order chi connectivity index (χ0) is 10.0. The molecular formula is C10H16N2O2. The second kappa shape index (κ2) is 3.71. The number of piperidine rings is 1. The third kappa shape index (κ3) is 2.13. The Balaban J connectivity index is 2.01. The highest BCUT2D eigenvalue weighted by molar-refractivity contribution is 5.00. The van der Waals surface area contributed by atoms with Gasteiger partial charge in [0, 0.05) is 12.5 Å². The number of nitrogens with zero attached hydrogens (tertiary/aromatic N) is 1. The van der Waals surface area contributed by atoms with Gasteiger partial charge in [0.2, 0.25) is 0 Å². The minimum atomic E-state index is -0.621. The number of oxazole rings is 1. The van der Waals surface area contributed by atoms with Crippen molar-refractivity contribution in [3.05, 3.63) is 18.4 Å². The number of hydrogen-bond acceptors (Lipinski definition) is 4. The zero-order valence-electron chi connectivity index (χ0n) is 8.36. The first-order valence-electron chi connectivity index (χ1n) is 5.01. The molecule has 2 N–H and O–H groups in total. The topological polar surface area (TPSA) is 58.3 Å². The van der Waals surface area contributed by atoms with Crippen LogP contribution in [0.2, 0.25) is 0 Å². The van der Waals surface area contributed by atoms with Gasteiger partial charge in [0.15, 0.2) is 6.39 Å². The number of hydrogen-bond donors (Lipinski definition) is 2. The van der Waals surface area contributed by atoms with E-state index in [1.54, 1.807) is 6.20 Å². The molecule has 2 atom stereocenters. The van der Waals surface area contributed by atoms with Crippen molar-refractivity contribution in [2.75, 3.05) is 6.54 Å². The number of nitrogens with one attached hydrogen (secondary N) is 1. The SMILES string of the molecule is CC1CC(O)(Cc2cnco2)CCN1. The average molecular weight is 196 g/mol. The first-order chi connectivity index (χ1) is 6.68. The zero-order valence-corrected chi connectivity index (χ0v) is 8.36. The fourth-order valence-electron chi connectivity index (χ4n) is 2.11. The lowest BCUT2D eigenvalue weighted by atomic mass is 9.85. The Hall–Kier alpha value is -0.870. The van der Waals surface area contributed by atoms with Crippen LogP contribution in [0.5, 0.6) is 0 Å². The second-order valence-electron chi connectivity index (χ2n) is 4.18. The van der Waals surface area contributed by atoms with E-state index in [-0.39, 0.29) is 0 Å². The minimum Gasteiger partial charge on any atom is -0.448 e. The van der Waals surface area contributed by atoms with Crippen LogP contribution in [0.25, 0.3) is 0 Å². The van der Waals surface area contributed by atoms with Crippen LogP contribution in [0.15, 0.2) is 17.0 Å². The van der Waals surface area contributed by atoms with E-state index < -0.39 is 5.60 Å². The van der Waals surface area contributed by atoms with E-state index in [9.17, 15) is 5.11 Å². The van der Waals surface area contributed by atoms with E-state index in [2.05, 4.69) is 17.2 Å². The van der Waals surface area contributed by atoms with Crippen LogP contribution in [-0.2, 0) is 6.42 Å². The molecule has 78 valence electrons. The Morgan fingerprint density at radius 2 is 2.64 bits per heavy atom. The van der Waals surface area contributed by atoms with Crippen molar-refractivity contribution >= 4 is 0 Å². The number of rotatable bonds is 2. The molecule has 0 radical (unpaired) electrons. The van der Waals surface area contributed by atoms with Crippen LogP contribution in [-0.4, -0.2) is 28.3 Å². The van der Waals surface area contributed by atoms with E-state index in [1.807, 2.05) is 0 Å². The fraction of sp³-hybridized carbons (Fsp3) is 0.700. The first-order valence-corrected chi connectivity index (χ1v) is 5.01. The summed E-state index contributed by atoms with van der Waals surface area (Å²) in [6.07, 6.45) is 5.19. The van der Waals surface area contributed by atoms with Crippen LogP contribution in [0.4, 0.5) is 0 Å². The van der Waals surface area contributed by atoms with Gasteiger partial charge >= 0.3 is 0 Å². The lowest BCUT2D eigenvalue weighted by Crippen LogP contribution is -2.47. The van der Waals surface area contributed by atoms with Crippen LogP contribution >= 0.6 is 0 Å². The summed E-state index contributed by atoms with van der Waals surface area (Å²) in [5, 5.41) is 13.6. The van der Waals surface area contributed by atoms with Gasteiger partial charge in [-0.15, -0.1) is 0 Å². The Kier molecular flexibility index (Phi) is 2.56. The molecule has 0 bridgehead atoms. The minimum absolute atomic E-state index is 0.372. The van der Waals surface area contributed by atoms with Crippen molar-refractivity contribution in [2.45, 2.75) is 37.8 Å². The standard InChI is InChI=1S/C10H16N2O2/c1-8-4-10(13,2-3-12-8)5-9-6-11-7-14-9/h6-8,12-13H,2-5H2,1H3. The molecule has 1 aliphatic rings. The maximum Gasteiger partial charge on any atom is 0.180 e. The summed E-state index contributed by atoms with van der Waals surface area (Å²) in [4.78, 5) is 3.84. The molecule has 4 nitrogen and oxygen atoms in total. The molecule has 1 aromatic rings. The molecule has 1 saturated heterocycles. The molecule has 2 unspecified atom stereocenters. The van der Waals surface area contributed by atoms with Crippen molar-refractivity contribution in [3.8, 4) is 0 Å². The molecule has 0 aliphatic carbocycles. The first kappa shape index (κ1) is 9.68. The predicted octanol–water partition coefficient (Wildman–Crippen LogP) is 0.720. The smallest absolute Gasteiger partial charge is 0.180 e. The monoisotopic (exact) mass is 196 g/mol. The van der Waals surface area contributed by atoms with Crippen molar-refractivity contribution < 1.29 is 9.52 Å². The van der Waals surface area contributed by atoms with Gasteiger partial charge in [-0.1, -0.05) is 0 Å². The number of aliphatic hydroxyl groups is 1. The van der Waals surface area contributed by atoms with Gasteiger partial charge in [0.05, 0.1) is 11.8 Å². The largest absolute Gasteiger partial charge is 0.448 e. The van der Waals surface area contributed by atoms with Crippen LogP contribution in [0.1, 0.15) is 25.5 Å². The van der Waals surface area contributed by atoms with Gasteiger partial charge in [-0.25, -0.2) is 4.98 Å². The molecule has 1 fully saturated rings. The third-order valence-electron chi connectivity index (χ3n) is 2.76. The highest BCUT2D eigenvalue weighted by Crippen LogP contribution is 2.25. The van der Waals surface area contributed by atoms with E-state index in [0.717, 1.165) is 25.1 Å². The van der Waals surface area contributed by atoms with Crippen molar-refractivity contribution in [1.29, 1.82) is 0 Å². The average Bonchev–Trinajstić information content (AvgIpc) is 2.55. The Labute approximate surface area is 83.3 Å². The lowest BCUT2D eigenvalue weighted by Gasteiger charge is -2.35. The molecule has 0 amide bonds. The maximum absolute atomic E-state index is 10.3. The molecular weight excluding hydrogens is 180 g/mol. The predicted molar refractivity (Wildman–Crippen MR) is 51.9 cm³/mol. The summed E-state index contributed by atoms with van der Waals surface area (Å²) in [5.41, 5.74) is -0.621. The molecule has 2 rings (SSSR count). The van der Waals surface area contributed by atoms with Gasteiger partial charge in [0.25, 0.3) is 0 Å². The molecule has 0 saturated carbocycles.